The second-order valence-corrected chi connectivity index (χ2v) is 9.67. The predicted octanol–water partition coefficient (Wildman–Crippen LogP) is 5.52. The highest BCUT2D eigenvalue weighted by molar-refractivity contribution is 6.02. The zero-order valence-corrected chi connectivity index (χ0v) is 22.8. The topological polar surface area (TPSA) is 110 Å². The van der Waals surface area contributed by atoms with E-state index >= 15 is 0 Å². The van der Waals surface area contributed by atoms with E-state index in [-0.39, 0.29) is 5.78 Å². The molecule has 0 spiro atoms. The first kappa shape index (κ1) is 26.3. The third-order valence-electron chi connectivity index (χ3n) is 7.07. The lowest BCUT2D eigenvalue weighted by Gasteiger charge is -2.23. The molecule has 3 aromatic heterocycles. The van der Waals surface area contributed by atoms with Crippen molar-refractivity contribution in [1.82, 2.24) is 29.6 Å². The molecule has 0 amide bonds. The molecular formula is C29H34N8O2. The fourth-order valence-electron chi connectivity index (χ4n) is 4.88. The number of nitrogens with zero attached hydrogens (tertiary/aromatic N) is 6. The molecule has 1 fully saturated rings. The number of nitrogens with one attached hydrogen (secondary N) is 2. The van der Waals surface area contributed by atoms with Crippen LogP contribution >= 0.6 is 0 Å². The second kappa shape index (κ2) is 11.6. The van der Waals surface area contributed by atoms with E-state index < -0.39 is 0 Å². The van der Waals surface area contributed by atoms with Crippen LogP contribution in [0.4, 0.5) is 23.0 Å². The van der Waals surface area contributed by atoms with E-state index in [2.05, 4.69) is 48.6 Å². The van der Waals surface area contributed by atoms with E-state index in [1.54, 1.807) is 24.3 Å². The van der Waals surface area contributed by atoms with Crippen LogP contribution in [0.25, 0.3) is 11.4 Å². The first-order valence-corrected chi connectivity index (χ1v) is 13.3. The summed E-state index contributed by atoms with van der Waals surface area (Å²) in [5.74, 6) is 2.36. The number of methoxy groups -OCH3 is 1. The lowest BCUT2D eigenvalue weighted by atomic mass is 10.1. The van der Waals surface area contributed by atoms with Gasteiger partial charge in [-0.1, -0.05) is 19.1 Å². The molecule has 1 aliphatic rings. The molecule has 1 aliphatic heterocycles. The van der Waals surface area contributed by atoms with Crippen LogP contribution in [0.5, 0.6) is 5.75 Å². The highest BCUT2D eigenvalue weighted by Gasteiger charge is 2.20. The summed E-state index contributed by atoms with van der Waals surface area (Å²) in [5.41, 5.74) is 3.72. The summed E-state index contributed by atoms with van der Waals surface area (Å²) in [6, 6.07) is 11.9. The van der Waals surface area contributed by atoms with Gasteiger partial charge in [-0.15, -0.1) is 0 Å². The summed E-state index contributed by atoms with van der Waals surface area (Å²) in [7, 11) is 3.42. The van der Waals surface area contributed by atoms with Gasteiger partial charge in [-0.3, -0.25) is 14.4 Å². The number of likely N-dealkylation sites (tertiary alicyclic amines) is 1. The Morgan fingerprint density at radius 3 is 2.49 bits per heavy atom. The molecule has 2 N–H and O–H groups in total. The van der Waals surface area contributed by atoms with E-state index in [1.165, 1.54) is 18.4 Å². The molecule has 0 unspecified atom stereocenters. The Balaban J connectivity index is 1.42. The number of benzene rings is 1. The van der Waals surface area contributed by atoms with Gasteiger partial charge in [-0.05, 0) is 56.6 Å². The fourth-order valence-corrected chi connectivity index (χ4v) is 4.88. The van der Waals surface area contributed by atoms with Crippen LogP contribution in [-0.2, 0) is 7.05 Å². The molecule has 0 bridgehead atoms. The second-order valence-electron chi connectivity index (χ2n) is 9.67. The minimum absolute atomic E-state index is 0.0172. The molecule has 1 aromatic carbocycles. The SMILES string of the molecule is CCC(=O)c1cnc(Nc2ccc([C@@H](C)N3CCCC3)cn2)cc1Nc1cccc(-c2ncn(C)n2)c1OC. The van der Waals surface area contributed by atoms with Gasteiger partial charge in [-0.25, -0.2) is 15.0 Å². The minimum atomic E-state index is -0.0172. The monoisotopic (exact) mass is 526 g/mol. The number of aryl methyl sites for hydroxylation is 1. The van der Waals surface area contributed by atoms with Crippen molar-refractivity contribution < 1.29 is 9.53 Å². The van der Waals surface area contributed by atoms with Crippen molar-refractivity contribution in [2.45, 2.75) is 39.2 Å². The molecule has 0 radical (unpaired) electrons. The number of rotatable bonds is 10. The molecule has 10 heteroatoms. The zero-order chi connectivity index (χ0) is 27.4. The number of anilines is 4. The molecule has 4 heterocycles. The lowest BCUT2D eigenvalue weighted by Crippen LogP contribution is -2.23. The van der Waals surface area contributed by atoms with Gasteiger partial charge in [0.1, 0.15) is 18.0 Å². The van der Waals surface area contributed by atoms with Gasteiger partial charge in [0.15, 0.2) is 17.4 Å². The number of pyridine rings is 2. The Bertz CT molecular complexity index is 1440. The number of para-hydroxylation sites is 1. The summed E-state index contributed by atoms with van der Waals surface area (Å²) < 4.78 is 7.39. The normalized spacial score (nSPS) is 14.3. The summed E-state index contributed by atoms with van der Waals surface area (Å²) in [4.78, 5) is 28.8. The highest BCUT2D eigenvalue weighted by Crippen LogP contribution is 2.37. The van der Waals surface area contributed by atoms with E-state index in [0.29, 0.717) is 52.6 Å². The fraction of sp³-hybridized carbons (Fsp3) is 0.345. The summed E-state index contributed by atoms with van der Waals surface area (Å²) in [6.07, 6.45) is 8.02. The molecule has 202 valence electrons. The highest BCUT2D eigenvalue weighted by atomic mass is 16.5. The standard InChI is InChI=1S/C29H34N8O2/c1-5-25(38)22-17-31-27(34-26-12-11-20(16-30-26)19(2)37-13-6-7-14-37)15-24(22)33-23-10-8-9-21(28(23)39-4)29-32-18-36(3)35-29/h8-12,15-19H,5-7,13-14H2,1-4H3,(H2,30,31,33,34)/t19-/m1/s1. The van der Waals surface area contributed by atoms with Crippen LogP contribution in [0.15, 0.2) is 55.1 Å². The van der Waals surface area contributed by atoms with E-state index in [4.69, 9.17) is 4.74 Å². The summed E-state index contributed by atoms with van der Waals surface area (Å²) in [6.45, 7) is 6.33. The van der Waals surface area contributed by atoms with Crippen LogP contribution in [0.1, 0.15) is 55.1 Å². The molecular weight excluding hydrogens is 492 g/mol. The third-order valence-corrected chi connectivity index (χ3v) is 7.07. The first-order chi connectivity index (χ1) is 19.0. The molecule has 0 aliphatic carbocycles. The van der Waals surface area contributed by atoms with E-state index in [0.717, 1.165) is 18.7 Å². The first-order valence-electron chi connectivity index (χ1n) is 13.3. The van der Waals surface area contributed by atoms with Crippen molar-refractivity contribution in [2.75, 3.05) is 30.8 Å². The van der Waals surface area contributed by atoms with Crippen molar-refractivity contribution in [3.05, 3.63) is 66.2 Å². The number of carbonyl (C=O) groups is 1. The van der Waals surface area contributed by atoms with Crippen LogP contribution in [0, 0.1) is 0 Å². The van der Waals surface area contributed by atoms with Crippen molar-refractivity contribution in [3.63, 3.8) is 0 Å². The van der Waals surface area contributed by atoms with Crippen LogP contribution < -0.4 is 15.4 Å². The van der Waals surface area contributed by atoms with Crippen LogP contribution in [0.3, 0.4) is 0 Å². The summed E-state index contributed by atoms with van der Waals surface area (Å²) in [5, 5.41) is 11.1. The van der Waals surface area contributed by atoms with Gasteiger partial charge in [-0.2, -0.15) is 5.10 Å². The van der Waals surface area contributed by atoms with Crippen molar-refractivity contribution >= 4 is 28.8 Å². The Morgan fingerprint density at radius 2 is 1.82 bits per heavy atom. The maximum Gasteiger partial charge on any atom is 0.184 e. The van der Waals surface area contributed by atoms with Gasteiger partial charge in [0.05, 0.1) is 29.6 Å². The summed E-state index contributed by atoms with van der Waals surface area (Å²) >= 11 is 0. The average Bonchev–Trinajstić information content (AvgIpc) is 3.65. The van der Waals surface area contributed by atoms with Gasteiger partial charge >= 0.3 is 0 Å². The number of ketones is 1. The Hall–Kier alpha value is -4.31. The molecule has 1 atom stereocenters. The smallest absolute Gasteiger partial charge is 0.184 e. The van der Waals surface area contributed by atoms with Crippen molar-refractivity contribution in [2.24, 2.45) is 7.05 Å². The van der Waals surface area contributed by atoms with Gasteiger partial charge in [0.2, 0.25) is 0 Å². The number of hydrogen-bond acceptors (Lipinski definition) is 9. The number of hydrogen-bond donors (Lipinski definition) is 2. The molecule has 1 saturated heterocycles. The predicted molar refractivity (Wildman–Crippen MR) is 152 cm³/mol. The van der Waals surface area contributed by atoms with Crippen LogP contribution in [0.2, 0.25) is 0 Å². The third kappa shape index (κ3) is 5.75. The van der Waals surface area contributed by atoms with Crippen LogP contribution in [-0.4, -0.2) is 55.6 Å². The number of carbonyl (C=O) groups excluding carboxylic acids is 1. The van der Waals surface area contributed by atoms with E-state index in [1.807, 2.05) is 50.5 Å². The van der Waals surface area contributed by atoms with E-state index in [9.17, 15) is 4.79 Å². The largest absolute Gasteiger partial charge is 0.494 e. The van der Waals surface area contributed by atoms with Gasteiger partial charge in [0.25, 0.3) is 0 Å². The quantitative estimate of drug-likeness (QED) is 0.258. The molecule has 5 rings (SSSR count). The number of aromatic nitrogens is 5. The molecule has 39 heavy (non-hydrogen) atoms. The molecule has 0 saturated carbocycles. The minimum Gasteiger partial charge on any atom is -0.494 e. The molecule has 10 nitrogen and oxygen atoms in total. The van der Waals surface area contributed by atoms with Gasteiger partial charge in [0, 0.05) is 38.0 Å². The zero-order valence-electron chi connectivity index (χ0n) is 22.8. The number of Topliss-reactive ketones (excluding diaryl/α,β-unsaturated/α-hetero) is 1. The van der Waals surface area contributed by atoms with Crippen molar-refractivity contribution in [1.29, 1.82) is 0 Å². The maximum atomic E-state index is 12.8. The average molecular weight is 527 g/mol. The lowest BCUT2D eigenvalue weighted by molar-refractivity contribution is 0.0988. The maximum absolute atomic E-state index is 12.8. The number of ether oxygens (including phenoxy) is 1. The van der Waals surface area contributed by atoms with Gasteiger partial charge < -0.3 is 15.4 Å². The molecule has 4 aromatic rings. The Kier molecular flexibility index (Phi) is 7.83. The Morgan fingerprint density at radius 1 is 1.03 bits per heavy atom. The Labute approximate surface area is 228 Å². The van der Waals surface area contributed by atoms with Crippen molar-refractivity contribution in [3.8, 4) is 17.1 Å².